The van der Waals surface area contributed by atoms with Gasteiger partial charge in [-0.05, 0) is 74.5 Å². The van der Waals surface area contributed by atoms with E-state index >= 15 is 0 Å². The highest BCUT2D eigenvalue weighted by molar-refractivity contribution is 7.71. The van der Waals surface area contributed by atoms with Crippen LogP contribution in [0.4, 0.5) is 4.39 Å². The molecule has 1 aliphatic rings. The lowest BCUT2D eigenvalue weighted by Crippen LogP contribution is -3.00. The summed E-state index contributed by atoms with van der Waals surface area (Å²) in [6.45, 7) is 2.79. The van der Waals surface area contributed by atoms with E-state index in [1.165, 1.54) is 12.1 Å². The van der Waals surface area contributed by atoms with Gasteiger partial charge in [0.1, 0.15) is 5.82 Å². The molecular weight excluding hydrogens is 441 g/mol. The molecule has 0 atom stereocenters. The molecule has 166 valence electrons. The fourth-order valence-electron chi connectivity index (χ4n) is 3.91. The van der Waals surface area contributed by atoms with Crippen LogP contribution in [0.5, 0.6) is 0 Å². The van der Waals surface area contributed by atoms with E-state index in [9.17, 15) is 14.0 Å². The maximum absolute atomic E-state index is 13.1. The predicted molar refractivity (Wildman–Crippen MR) is 117 cm³/mol. The van der Waals surface area contributed by atoms with E-state index in [4.69, 9.17) is 12.2 Å². The smallest absolute Gasteiger partial charge is 0.262 e. The molecule has 1 aliphatic heterocycles. The topological polar surface area (TPSA) is 89.6 Å². The summed E-state index contributed by atoms with van der Waals surface area (Å²) in [5.41, 5.74) is 1.24. The SMILES string of the molecule is O.O=C(c1ccc(F)cc1)C1CCN(CCn2c(=S)[nH]c3ccccc3c2=O)CC1.[Cl-]. The van der Waals surface area contributed by atoms with Crippen LogP contribution < -0.4 is 18.0 Å². The summed E-state index contributed by atoms with van der Waals surface area (Å²) in [7, 11) is 0. The number of carbonyl (C=O) groups excluding carboxylic acids is 1. The van der Waals surface area contributed by atoms with Gasteiger partial charge in [-0.2, -0.15) is 0 Å². The van der Waals surface area contributed by atoms with Gasteiger partial charge in [0.15, 0.2) is 10.6 Å². The number of rotatable bonds is 5. The van der Waals surface area contributed by atoms with Crippen molar-refractivity contribution in [3.05, 3.63) is 75.0 Å². The monoisotopic (exact) mass is 464 g/mol. The van der Waals surface area contributed by atoms with Crippen molar-refractivity contribution in [1.29, 1.82) is 0 Å². The van der Waals surface area contributed by atoms with Gasteiger partial charge in [-0.25, -0.2) is 4.39 Å². The van der Waals surface area contributed by atoms with E-state index in [1.807, 2.05) is 18.2 Å². The number of piperidine rings is 1. The third-order valence-electron chi connectivity index (χ3n) is 5.62. The number of nitrogens with one attached hydrogen (secondary N) is 1. The van der Waals surface area contributed by atoms with Crippen molar-refractivity contribution >= 4 is 28.9 Å². The lowest BCUT2D eigenvalue weighted by molar-refractivity contribution is -0.0000158. The van der Waals surface area contributed by atoms with Crippen molar-refractivity contribution in [3.8, 4) is 0 Å². The number of halogens is 2. The molecule has 0 saturated carbocycles. The maximum Gasteiger partial charge on any atom is 0.262 e. The number of hydrogen-bond donors (Lipinski definition) is 1. The molecule has 0 bridgehead atoms. The Kier molecular flexibility index (Phi) is 8.64. The van der Waals surface area contributed by atoms with Crippen LogP contribution in [0, 0.1) is 16.5 Å². The molecule has 0 spiro atoms. The zero-order valence-corrected chi connectivity index (χ0v) is 18.4. The van der Waals surface area contributed by atoms with Gasteiger partial charge in [-0.3, -0.25) is 14.2 Å². The molecule has 2 aromatic carbocycles. The average Bonchev–Trinajstić information content (AvgIpc) is 2.74. The summed E-state index contributed by atoms with van der Waals surface area (Å²) in [6.07, 6.45) is 1.52. The Hall–Kier alpha value is -2.39. The quantitative estimate of drug-likeness (QED) is 0.424. The molecule has 0 aliphatic carbocycles. The van der Waals surface area contributed by atoms with E-state index in [1.54, 1.807) is 22.8 Å². The van der Waals surface area contributed by atoms with Crippen molar-refractivity contribution in [2.45, 2.75) is 19.4 Å². The van der Waals surface area contributed by atoms with Crippen molar-refractivity contribution in [1.82, 2.24) is 14.5 Å². The standard InChI is InChI=1S/C22H22FN3O2S.ClH.H2O/c23-17-7-5-15(6-8-17)20(27)16-9-11-25(12-10-16)13-14-26-21(28)18-3-1-2-4-19(18)24-22(26)29;;/h1-8,16H,9-14H2,(H,24,29);1H;1H2/p-1. The summed E-state index contributed by atoms with van der Waals surface area (Å²) < 4.78 is 15.1. The summed E-state index contributed by atoms with van der Waals surface area (Å²) in [5, 5.41) is 0.629. The molecule has 0 amide bonds. The van der Waals surface area contributed by atoms with Crippen LogP contribution in [0.25, 0.3) is 10.9 Å². The minimum absolute atomic E-state index is 0. The van der Waals surface area contributed by atoms with Gasteiger partial charge in [-0.1, -0.05) is 12.1 Å². The Bertz CT molecular complexity index is 1160. The third kappa shape index (κ3) is 5.46. The summed E-state index contributed by atoms with van der Waals surface area (Å²) in [5.74, 6) is -0.292. The molecule has 0 radical (unpaired) electrons. The molecule has 31 heavy (non-hydrogen) atoms. The second kappa shape index (κ2) is 10.8. The number of Topliss-reactive ketones (excluding diaryl/α,β-unsaturated/α-hetero) is 1. The number of likely N-dealkylation sites (tertiary alicyclic amines) is 1. The lowest BCUT2D eigenvalue weighted by Gasteiger charge is -2.31. The first kappa shape index (κ1) is 24.9. The molecule has 1 saturated heterocycles. The Labute approximate surface area is 190 Å². The van der Waals surface area contributed by atoms with E-state index in [2.05, 4.69) is 9.88 Å². The molecule has 2 heterocycles. The fraction of sp³-hybridized carbons (Fsp3) is 0.318. The summed E-state index contributed by atoms with van der Waals surface area (Å²) in [4.78, 5) is 30.7. The zero-order valence-electron chi connectivity index (χ0n) is 16.8. The van der Waals surface area contributed by atoms with Crippen LogP contribution in [-0.2, 0) is 6.54 Å². The molecule has 9 heteroatoms. The number of fused-ring (bicyclic) bond motifs is 1. The molecule has 6 nitrogen and oxygen atoms in total. The number of aromatic nitrogens is 2. The highest BCUT2D eigenvalue weighted by Gasteiger charge is 2.25. The van der Waals surface area contributed by atoms with Crippen LogP contribution in [0.1, 0.15) is 23.2 Å². The molecule has 1 fully saturated rings. The second-order valence-electron chi connectivity index (χ2n) is 7.42. The van der Waals surface area contributed by atoms with Crippen molar-refractivity contribution < 1.29 is 27.1 Å². The number of hydrogen-bond acceptors (Lipinski definition) is 4. The lowest BCUT2D eigenvalue weighted by atomic mass is 9.89. The van der Waals surface area contributed by atoms with Gasteiger partial charge in [0.2, 0.25) is 0 Å². The summed E-state index contributed by atoms with van der Waals surface area (Å²) in [6, 6.07) is 13.1. The predicted octanol–water partition coefficient (Wildman–Crippen LogP) is -0.0276. The number of ketones is 1. The van der Waals surface area contributed by atoms with Crippen LogP contribution in [-0.4, -0.2) is 45.3 Å². The maximum atomic E-state index is 13.1. The third-order valence-corrected chi connectivity index (χ3v) is 5.94. The molecular formula is C22H24ClFN3O3S-. The number of aromatic amines is 1. The van der Waals surface area contributed by atoms with E-state index in [0.29, 0.717) is 28.8 Å². The Balaban J connectivity index is 0.00000171. The number of para-hydroxylation sites is 1. The molecule has 4 rings (SSSR count). The molecule has 3 N–H and O–H groups in total. The van der Waals surface area contributed by atoms with Gasteiger partial charge in [0, 0.05) is 24.6 Å². The van der Waals surface area contributed by atoms with Crippen molar-refractivity contribution in [3.63, 3.8) is 0 Å². The summed E-state index contributed by atoms with van der Waals surface area (Å²) >= 11 is 5.37. The van der Waals surface area contributed by atoms with E-state index in [0.717, 1.165) is 31.4 Å². The van der Waals surface area contributed by atoms with Crippen molar-refractivity contribution in [2.24, 2.45) is 5.92 Å². The molecule has 1 aromatic heterocycles. The van der Waals surface area contributed by atoms with E-state index < -0.39 is 0 Å². The first-order chi connectivity index (χ1) is 14.0. The van der Waals surface area contributed by atoms with Crippen molar-refractivity contribution in [2.75, 3.05) is 19.6 Å². The minimum atomic E-state index is -0.335. The number of carbonyl (C=O) groups is 1. The number of benzene rings is 2. The minimum Gasteiger partial charge on any atom is -1.00 e. The van der Waals surface area contributed by atoms with Gasteiger partial charge >= 0.3 is 0 Å². The highest BCUT2D eigenvalue weighted by Crippen LogP contribution is 2.22. The van der Waals surface area contributed by atoms with E-state index in [-0.39, 0.29) is 41.0 Å². The van der Waals surface area contributed by atoms with Gasteiger partial charge in [-0.15, -0.1) is 0 Å². The second-order valence-corrected chi connectivity index (χ2v) is 7.81. The zero-order chi connectivity index (χ0) is 20.4. The largest absolute Gasteiger partial charge is 1.00 e. The number of nitrogens with zero attached hydrogens (tertiary/aromatic N) is 2. The van der Waals surface area contributed by atoms with Crippen LogP contribution in [0.2, 0.25) is 0 Å². The average molecular weight is 465 g/mol. The van der Waals surface area contributed by atoms with Crippen LogP contribution >= 0.6 is 12.2 Å². The number of H-pyrrole nitrogens is 1. The first-order valence-electron chi connectivity index (χ1n) is 9.77. The van der Waals surface area contributed by atoms with Gasteiger partial charge < -0.3 is 27.8 Å². The Morgan fingerprint density at radius 3 is 2.39 bits per heavy atom. The van der Waals surface area contributed by atoms with Gasteiger partial charge in [0.05, 0.1) is 10.9 Å². The molecule has 0 unspecified atom stereocenters. The fourth-order valence-corrected chi connectivity index (χ4v) is 4.20. The van der Waals surface area contributed by atoms with Crippen LogP contribution in [0.15, 0.2) is 53.3 Å². The Morgan fingerprint density at radius 1 is 1.06 bits per heavy atom. The van der Waals surface area contributed by atoms with Crippen LogP contribution in [0.3, 0.4) is 0 Å². The Morgan fingerprint density at radius 2 is 1.71 bits per heavy atom. The normalized spacial score (nSPS) is 14.6. The first-order valence-corrected chi connectivity index (χ1v) is 10.2. The highest BCUT2D eigenvalue weighted by atomic mass is 35.5. The van der Waals surface area contributed by atoms with Gasteiger partial charge in [0.25, 0.3) is 5.56 Å². The molecule has 3 aromatic rings.